The van der Waals surface area contributed by atoms with Crippen LogP contribution in [0, 0.1) is 0 Å². The van der Waals surface area contributed by atoms with Crippen LogP contribution in [0.4, 0.5) is 0 Å². The lowest BCUT2D eigenvalue weighted by Gasteiger charge is -2.32. The maximum atomic E-state index is 13.7. The van der Waals surface area contributed by atoms with Crippen LogP contribution in [-0.2, 0) is 18.9 Å². The van der Waals surface area contributed by atoms with Crippen molar-refractivity contribution < 1.29 is 26.5 Å². The molecule has 11 heteroatoms. The summed E-state index contributed by atoms with van der Waals surface area (Å²) in [6, 6.07) is -1.09. The van der Waals surface area contributed by atoms with E-state index in [0.717, 1.165) is 38.5 Å². The van der Waals surface area contributed by atoms with Crippen molar-refractivity contribution in [1.82, 2.24) is 25.5 Å². The number of aromatic nitrogens is 2. The third-order valence-electron chi connectivity index (χ3n) is 8.24. The van der Waals surface area contributed by atoms with E-state index >= 15 is 0 Å². The number of carbonyl (C=O) groups excluding carboxylic acids is 3. The molecule has 2 saturated heterocycles. The maximum absolute atomic E-state index is 13.7. The average molecular weight is 556 g/mol. The first-order chi connectivity index (χ1) is 19.1. The Morgan fingerprint density at radius 2 is 1.80 bits per heavy atom. The highest BCUT2D eigenvalue weighted by Gasteiger charge is 2.54. The van der Waals surface area contributed by atoms with Gasteiger partial charge in [0, 0.05) is 28.3 Å². The van der Waals surface area contributed by atoms with Crippen molar-refractivity contribution in [3.05, 3.63) is 48.1 Å². The minimum atomic E-state index is -1.09. The Labute approximate surface area is 240 Å². The number of carbonyl (C=O) groups is 3. The van der Waals surface area contributed by atoms with Gasteiger partial charge in [0.05, 0.1) is 29.8 Å². The fourth-order valence-electron chi connectivity index (χ4n) is 5.12. The molecule has 1 aromatic heterocycles. The molecule has 40 heavy (non-hydrogen) atoms. The van der Waals surface area contributed by atoms with Crippen LogP contribution in [0.5, 0.6) is 0 Å². The van der Waals surface area contributed by atoms with Gasteiger partial charge >= 0.3 is 7.12 Å². The smallest absolute Gasteiger partial charge is 0.402 e. The van der Waals surface area contributed by atoms with Gasteiger partial charge in [-0.15, -0.1) is 0 Å². The molecule has 0 aromatic carbocycles. The van der Waals surface area contributed by atoms with Gasteiger partial charge in [0.25, 0.3) is 5.91 Å². The van der Waals surface area contributed by atoms with E-state index < -0.39 is 42.1 Å². The lowest BCUT2D eigenvalue weighted by atomic mass is 9.75. The largest absolute Gasteiger partial charge is 0.481 e. The second-order valence-electron chi connectivity index (χ2n) is 11.8. The van der Waals surface area contributed by atoms with E-state index in [2.05, 4.69) is 38.8 Å². The first-order valence-corrected chi connectivity index (χ1v) is 14.4. The van der Waals surface area contributed by atoms with Crippen molar-refractivity contribution in [2.75, 3.05) is 13.1 Å². The quantitative estimate of drug-likeness (QED) is 0.400. The first kappa shape index (κ1) is 29.9. The predicted octanol–water partition coefficient (Wildman–Crippen LogP) is 3.64. The SMILES string of the molecule is CC1(C)OB([C@H](CCCC2=CCCC=C2)NC(=O)[C@@H](CC(=O)N2CCCC2)NC(=O)c2cnccn2)OC1(C)C.[HH].[HH]. The highest BCUT2D eigenvalue weighted by Crippen LogP contribution is 2.38. The number of hydrogen-bond acceptors (Lipinski definition) is 7. The fourth-order valence-corrected chi connectivity index (χ4v) is 5.12. The number of likely N-dealkylation sites (tertiary alicyclic amines) is 1. The van der Waals surface area contributed by atoms with Gasteiger partial charge in [-0.1, -0.05) is 23.8 Å². The van der Waals surface area contributed by atoms with E-state index in [1.165, 1.54) is 24.2 Å². The van der Waals surface area contributed by atoms with Gasteiger partial charge < -0.3 is 24.8 Å². The molecule has 0 unspecified atom stereocenters. The molecule has 3 aliphatic rings. The zero-order valence-electron chi connectivity index (χ0n) is 24.2. The monoisotopic (exact) mass is 555 g/mol. The third-order valence-corrected chi connectivity index (χ3v) is 8.24. The Morgan fingerprint density at radius 3 is 2.42 bits per heavy atom. The van der Waals surface area contributed by atoms with Crippen molar-refractivity contribution in [3.8, 4) is 0 Å². The molecule has 3 heterocycles. The number of hydrogen-bond donors (Lipinski definition) is 2. The molecule has 3 amide bonds. The summed E-state index contributed by atoms with van der Waals surface area (Å²) in [6.45, 7) is 9.22. The number of allylic oxidation sites excluding steroid dienone is 4. The molecule has 10 nitrogen and oxygen atoms in total. The lowest BCUT2D eigenvalue weighted by Crippen LogP contribution is -2.55. The van der Waals surface area contributed by atoms with Gasteiger partial charge in [0.1, 0.15) is 11.7 Å². The summed E-state index contributed by atoms with van der Waals surface area (Å²) in [5.41, 5.74) is 0.224. The second kappa shape index (κ2) is 13.1. The van der Waals surface area contributed by atoms with Crippen molar-refractivity contribution >= 4 is 24.8 Å². The average Bonchev–Trinajstić information content (AvgIpc) is 3.54. The van der Waals surface area contributed by atoms with Crippen molar-refractivity contribution in [2.45, 2.75) is 102 Å². The van der Waals surface area contributed by atoms with Gasteiger partial charge in [-0.3, -0.25) is 19.4 Å². The molecule has 0 saturated carbocycles. The van der Waals surface area contributed by atoms with E-state index in [4.69, 9.17) is 9.31 Å². The summed E-state index contributed by atoms with van der Waals surface area (Å²) in [5, 5.41) is 5.80. The van der Waals surface area contributed by atoms with E-state index in [-0.39, 0.29) is 20.9 Å². The molecular formula is C29H46BN5O5. The molecule has 2 aliphatic heterocycles. The standard InChI is InChI=1S/C29H42BN5O5.2H2/c1-28(2)29(3,4)40-30(39-28)24(14-10-13-21-11-6-5-7-12-21)34-26(37)22(19-25(36)35-17-8-9-18-35)33-27(38)23-20-31-15-16-32-23;;/h6,11-12,15-16,20,22,24H,5,7-10,13-14,17-19H2,1-4H3,(H,33,38)(H,34,37);2*1H/t22-,24+;;/m1../s1. The Hall–Kier alpha value is -3.05. The molecule has 0 bridgehead atoms. The lowest BCUT2D eigenvalue weighted by molar-refractivity contribution is -0.134. The van der Waals surface area contributed by atoms with Gasteiger partial charge in [0.2, 0.25) is 11.8 Å². The van der Waals surface area contributed by atoms with E-state index in [0.29, 0.717) is 19.5 Å². The topological polar surface area (TPSA) is 123 Å². The summed E-state index contributed by atoms with van der Waals surface area (Å²) in [4.78, 5) is 49.5. The molecule has 4 rings (SSSR count). The van der Waals surface area contributed by atoms with Gasteiger partial charge in [-0.25, -0.2) is 4.98 Å². The van der Waals surface area contributed by atoms with E-state index in [9.17, 15) is 14.4 Å². The summed E-state index contributed by atoms with van der Waals surface area (Å²) < 4.78 is 12.6. The fraction of sp³-hybridized carbons (Fsp3) is 0.621. The number of nitrogens with zero attached hydrogens (tertiary/aromatic N) is 3. The highest BCUT2D eigenvalue weighted by molar-refractivity contribution is 6.48. The van der Waals surface area contributed by atoms with Gasteiger partial charge in [-0.2, -0.15) is 0 Å². The molecule has 2 fully saturated rings. The Kier molecular flexibility index (Phi) is 9.79. The van der Waals surface area contributed by atoms with Crippen LogP contribution in [0.3, 0.4) is 0 Å². The Morgan fingerprint density at radius 1 is 1.07 bits per heavy atom. The number of rotatable bonds is 11. The molecule has 220 valence electrons. The van der Waals surface area contributed by atoms with E-state index in [1.54, 1.807) is 4.90 Å². The summed E-state index contributed by atoms with van der Waals surface area (Å²) in [5.74, 6) is -1.66. The number of amides is 3. The van der Waals surface area contributed by atoms with Gasteiger partial charge in [-0.05, 0) is 72.6 Å². The summed E-state index contributed by atoms with van der Waals surface area (Å²) >= 11 is 0. The van der Waals surface area contributed by atoms with Crippen LogP contribution in [0.1, 0.15) is 92.4 Å². The predicted molar refractivity (Wildman–Crippen MR) is 156 cm³/mol. The molecule has 1 aromatic rings. The van der Waals surface area contributed by atoms with Crippen LogP contribution in [0.15, 0.2) is 42.4 Å². The van der Waals surface area contributed by atoms with Crippen LogP contribution in [-0.4, -0.2) is 76.0 Å². The summed E-state index contributed by atoms with van der Waals surface area (Å²) in [7, 11) is -0.671. The van der Waals surface area contributed by atoms with Crippen molar-refractivity contribution in [1.29, 1.82) is 0 Å². The molecule has 1 aliphatic carbocycles. The first-order valence-electron chi connectivity index (χ1n) is 14.4. The van der Waals surface area contributed by atoms with E-state index in [1.807, 2.05) is 27.7 Å². The molecule has 0 spiro atoms. The number of nitrogens with one attached hydrogen (secondary N) is 2. The highest BCUT2D eigenvalue weighted by atomic mass is 16.7. The second-order valence-corrected chi connectivity index (χ2v) is 11.8. The van der Waals surface area contributed by atoms with Crippen molar-refractivity contribution in [2.24, 2.45) is 0 Å². The van der Waals surface area contributed by atoms with Crippen LogP contribution in [0.2, 0.25) is 0 Å². The normalized spacial score (nSPS) is 21.1. The third kappa shape index (κ3) is 7.57. The Bertz CT molecular complexity index is 1110. The van der Waals surface area contributed by atoms with Crippen LogP contribution >= 0.6 is 0 Å². The minimum absolute atomic E-state index is 0. The molecule has 0 radical (unpaired) electrons. The zero-order chi connectivity index (χ0) is 28.8. The molecule has 2 N–H and O–H groups in total. The zero-order valence-corrected chi connectivity index (χ0v) is 24.2. The van der Waals surface area contributed by atoms with Crippen LogP contribution < -0.4 is 10.6 Å². The molecular weight excluding hydrogens is 509 g/mol. The minimum Gasteiger partial charge on any atom is -0.402 e. The maximum Gasteiger partial charge on any atom is 0.481 e. The Balaban J connectivity index is 0.00000308. The van der Waals surface area contributed by atoms with Gasteiger partial charge in [0.15, 0.2) is 0 Å². The van der Waals surface area contributed by atoms with Crippen molar-refractivity contribution in [3.63, 3.8) is 0 Å². The molecule has 2 atom stereocenters. The van der Waals surface area contributed by atoms with Crippen LogP contribution in [0.25, 0.3) is 0 Å². The summed E-state index contributed by atoms with van der Waals surface area (Å²) in [6.07, 6.45) is 16.9.